The van der Waals surface area contributed by atoms with Gasteiger partial charge in [-0.3, -0.25) is 14.4 Å². The van der Waals surface area contributed by atoms with Gasteiger partial charge in [-0.25, -0.2) is 9.49 Å². The number of rotatable bonds is 3. The molecule has 2 aliphatic rings. The van der Waals surface area contributed by atoms with E-state index in [2.05, 4.69) is 15.5 Å². The molecule has 2 amide bonds. The van der Waals surface area contributed by atoms with Gasteiger partial charge in [0.2, 0.25) is 5.91 Å². The smallest absolute Gasteiger partial charge is 0.272 e. The number of hydrogen-bond donors (Lipinski definition) is 2. The van der Waals surface area contributed by atoms with Crippen LogP contribution in [-0.2, 0) is 4.79 Å². The van der Waals surface area contributed by atoms with Crippen molar-refractivity contribution in [1.29, 1.82) is 0 Å². The fraction of sp³-hybridized carbons (Fsp3) is 0.474. The standard InChI is InChI=1S/C19H21FN4O3/c1-10-6-13(10)17(25)22-16-4-5-24(9-15(16)20)19(27)11-2-3-12-8-21-23-18(26)14(12)7-11/h2-3,7-8,10,13,15-16H,4-6,9H2,1H3,(H,22,25)(H,23,26)/t10-,13+,15-,16-/m1/s1. The van der Waals surface area contributed by atoms with Crippen molar-refractivity contribution in [2.24, 2.45) is 11.8 Å². The van der Waals surface area contributed by atoms with Crippen LogP contribution < -0.4 is 10.9 Å². The van der Waals surface area contributed by atoms with Gasteiger partial charge in [-0.2, -0.15) is 5.10 Å². The summed E-state index contributed by atoms with van der Waals surface area (Å²) in [4.78, 5) is 38.1. The van der Waals surface area contributed by atoms with Crippen LogP contribution in [0.25, 0.3) is 10.8 Å². The number of piperidine rings is 1. The number of aromatic nitrogens is 2. The summed E-state index contributed by atoms with van der Waals surface area (Å²) < 4.78 is 14.6. The molecule has 2 fully saturated rings. The topological polar surface area (TPSA) is 95.2 Å². The first kappa shape index (κ1) is 17.6. The van der Waals surface area contributed by atoms with Gasteiger partial charge in [-0.05, 0) is 30.9 Å². The minimum atomic E-state index is -1.31. The van der Waals surface area contributed by atoms with Gasteiger partial charge in [-0.15, -0.1) is 0 Å². The SMILES string of the molecule is C[C@@H]1C[C@@H]1C(=O)N[C@@H]1CCN(C(=O)c2ccc3cn[nH]c(=O)c3c2)C[C@H]1F. The Hall–Kier alpha value is -2.77. The predicted molar refractivity (Wildman–Crippen MR) is 97.0 cm³/mol. The summed E-state index contributed by atoms with van der Waals surface area (Å²) >= 11 is 0. The number of likely N-dealkylation sites (tertiary alicyclic amines) is 1. The van der Waals surface area contributed by atoms with Gasteiger partial charge in [0.1, 0.15) is 6.17 Å². The highest BCUT2D eigenvalue weighted by molar-refractivity contribution is 5.98. The predicted octanol–water partition coefficient (Wildman–Crippen LogP) is 1.25. The molecule has 0 unspecified atom stereocenters. The maximum atomic E-state index is 14.6. The normalized spacial score (nSPS) is 27.4. The van der Waals surface area contributed by atoms with E-state index in [4.69, 9.17) is 0 Å². The minimum Gasteiger partial charge on any atom is -0.350 e. The average Bonchev–Trinajstić information content (AvgIpc) is 3.40. The molecule has 0 spiro atoms. The van der Waals surface area contributed by atoms with Gasteiger partial charge >= 0.3 is 0 Å². The number of benzene rings is 1. The van der Waals surface area contributed by atoms with Gasteiger partial charge in [0, 0.05) is 23.4 Å². The maximum absolute atomic E-state index is 14.6. The number of carbonyl (C=O) groups excluding carboxylic acids is 2. The monoisotopic (exact) mass is 372 g/mol. The van der Waals surface area contributed by atoms with E-state index in [0.29, 0.717) is 35.2 Å². The Kier molecular flexibility index (Phi) is 4.41. The van der Waals surface area contributed by atoms with E-state index in [-0.39, 0.29) is 29.8 Å². The number of nitrogens with one attached hydrogen (secondary N) is 2. The van der Waals surface area contributed by atoms with E-state index < -0.39 is 12.2 Å². The number of aromatic amines is 1. The summed E-state index contributed by atoms with van der Waals surface area (Å²) in [7, 11) is 0. The lowest BCUT2D eigenvalue weighted by molar-refractivity contribution is -0.124. The highest BCUT2D eigenvalue weighted by Gasteiger charge is 2.41. The lowest BCUT2D eigenvalue weighted by Crippen LogP contribution is -2.54. The molecule has 2 aromatic rings. The number of H-pyrrole nitrogens is 1. The van der Waals surface area contributed by atoms with Crippen LogP contribution in [0.5, 0.6) is 0 Å². The van der Waals surface area contributed by atoms with Crippen molar-refractivity contribution >= 4 is 22.6 Å². The molecule has 1 aliphatic heterocycles. The number of fused-ring (bicyclic) bond motifs is 1. The Bertz CT molecular complexity index is 959. The van der Waals surface area contributed by atoms with E-state index in [9.17, 15) is 18.8 Å². The zero-order chi connectivity index (χ0) is 19.1. The number of hydrogen-bond acceptors (Lipinski definition) is 4. The van der Waals surface area contributed by atoms with Crippen LogP contribution >= 0.6 is 0 Å². The molecule has 1 aromatic heterocycles. The van der Waals surface area contributed by atoms with Crippen molar-refractivity contribution in [2.45, 2.75) is 32.0 Å². The lowest BCUT2D eigenvalue weighted by atomic mass is 10.0. The van der Waals surface area contributed by atoms with Gasteiger partial charge in [0.05, 0.1) is 24.2 Å². The molecule has 1 aliphatic carbocycles. The van der Waals surface area contributed by atoms with Crippen LogP contribution in [0.3, 0.4) is 0 Å². The molecule has 2 heterocycles. The molecule has 27 heavy (non-hydrogen) atoms. The van der Waals surface area contributed by atoms with E-state index in [1.54, 1.807) is 12.1 Å². The fourth-order valence-corrected chi connectivity index (χ4v) is 3.63. The summed E-state index contributed by atoms with van der Waals surface area (Å²) in [6.07, 6.45) is 1.43. The molecule has 2 N–H and O–H groups in total. The van der Waals surface area contributed by atoms with Crippen molar-refractivity contribution in [3.8, 4) is 0 Å². The number of halogens is 1. The number of alkyl halides is 1. The molecule has 1 saturated carbocycles. The van der Waals surface area contributed by atoms with E-state index in [1.807, 2.05) is 6.92 Å². The average molecular weight is 372 g/mol. The van der Waals surface area contributed by atoms with Gasteiger partial charge in [-0.1, -0.05) is 13.0 Å². The van der Waals surface area contributed by atoms with Crippen LogP contribution in [0.1, 0.15) is 30.1 Å². The molecule has 4 atom stereocenters. The number of nitrogens with zero attached hydrogens (tertiary/aromatic N) is 2. The van der Waals surface area contributed by atoms with E-state index >= 15 is 0 Å². The first-order valence-corrected chi connectivity index (χ1v) is 9.15. The molecule has 142 valence electrons. The zero-order valence-electron chi connectivity index (χ0n) is 14.9. The van der Waals surface area contributed by atoms with Crippen LogP contribution in [0, 0.1) is 11.8 Å². The van der Waals surface area contributed by atoms with Crippen molar-refractivity contribution in [3.05, 3.63) is 40.3 Å². The first-order chi connectivity index (χ1) is 12.9. The van der Waals surface area contributed by atoms with Crippen LogP contribution in [0.4, 0.5) is 4.39 Å². The molecular formula is C19H21FN4O3. The zero-order valence-corrected chi connectivity index (χ0v) is 14.9. The third-order valence-corrected chi connectivity index (χ3v) is 5.52. The summed E-state index contributed by atoms with van der Waals surface area (Å²) in [6, 6.07) is 4.22. The summed E-state index contributed by atoms with van der Waals surface area (Å²) in [5.41, 5.74) is -0.0399. The summed E-state index contributed by atoms with van der Waals surface area (Å²) in [5, 5.41) is 9.85. The van der Waals surface area contributed by atoms with E-state index in [0.717, 1.165) is 6.42 Å². The first-order valence-electron chi connectivity index (χ1n) is 9.15. The minimum absolute atomic E-state index is 0.00189. The van der Waals surface area contributed by atoms with Gasteiger partial charge < -0.3 is 10.2 Å². The molecule has 4 rings (SSSR count). The van der Waals surface area contributed by atoms with E-state index in [1.165, 1.54) is 17.2 Å². The van der Waals surface area contributed by atoms with Crippen molar-refractivity contribution in [3.63, 3.8) is 0 Å². The molecular weight excluding hydrogens is 351 g/mol. The van der Waals surface area contributed by atoms with Crippen molar-refractivity contribution in [1.82, 2.24) is 20.4 Å². The number of carbonyl (C=O) groups is 2. The Morgan fingerprint density at radius 1 is 1.37 bits per heavy atom. The van der Waals surface area contributed by atoms with Crippen LogP contribution in [0.15, 0.2) is 29.2 Å². The number of amides is 2. The highest BCUT2D eigenvalue weighted by atomic mass is 19.1. The summed E-state index contributed by atoms with van der Waals surface area (Å²) in [6.45, 7) is 2.28. The van der Waals surface area contributed by atoms with Crippen LogP contribution in [0.2, 0.25) is 0 Å². The Morgan fingerprint density at radius 3 is 2.85 bits per heavy atom. The molecule has 1 aromatic carbocycles. The second-order valence-corrected chi connectivity index (χ2v) is 7.49. The molecule has 0 bridgehead atoms. The highest BCUT2D eigenvalue weighted by Crippen LogP contribution is 2.38. The summed E-state index contributed by atoms with van der Waals surface area (Å²) in [5.74, 6) is -0.0355. The Morgan fingerprint density at radius 2 is 2.15 bits per heavy atom. The molecule has 7 nitrogen and oxygen atoms in total. The fourth-order valence-electron chi connectivity index (χ4n) is 3.63. The third-order valence-electron chi connectivity index (χ3n) is 5.52. The van der Waals surface area contributed by atoms with Crippen LogP contribution in [-0.4, -0.2) is 52.2 Å². The molecule has 1 saturated heterocycles. The Balaban J connectivity index is 1.44. The Labute approximate surface area is 154 Å². The second-order valence-electron chi connectivity index (χ2n) is 7.49. The van der Waals surface area contributed by atoms with Crippen molar-refractivity contribution < 1.29 is 14.0 Å². The third kappa shape index (κ3) is 3.43. The quantitative estimate of drug-likeness (QED) is 0.848. The van der Waals surface area contributed by atoms with Gasteiger partial charge in [0.15, 0.2) is 0 Å². The van der Waals surface area contributed by atoms with Crippen molar-refractivity contribution in [2.75, 3.05) is 13.1 Å². The lowest BCUT2D eigenvalue weighted by Gasteiger charge is -2.35. The second kappa shape index (κ2) is 6.75. The van der Waals surface area contributed by atoms with Gasteiger partial charge in [0.25, 0.3) is 11.5 Å². The molecule has 0 radical (unpaired) electrons. The largest absolute Gasteiger partial charge is 0.350 e. The molecule has 8 heteroatoms. The maximum Gasteiger partial charge on any atom is 0.272 e.